The fraction of sp³-hybridized carbons (Fsp3) is 1.00. The zero-order valence-corrected chi connectivity index (χ0v) is 13.8. The normalized spacial score (nSPS) is 45.1. The quantitative estimate of drug-likeness (QED) is 0.536. The average molecular weight is 402 g/mol. The molecule has 4 atom stereocenters. The highest BCUT2D eigenvalue weighted by Gasteiger charge is 2.58. The first kappa shape index (κ1) is 19.8. The van der Waals surface area contributed by atoms with Crippen molar-refractivity contribution in [1.82, 2.24) is 0 Å². The van der Waals surface area contributed by atoms with Crippen molar-refractivity contribution in [2.45, 2.75) is 73.2 Å². The topological polar surface area (TPSA) is 68.3 Å². The van der Waals surface area contributed by atoms with E-state index in [1.165, 1.54) is 0 Å². The number of halogens is 6. The Morgan fingerprint density at radius 2 is 0.708 bits per heavy atom. The Morgan fingerprint density at radius 1 is 0.500 bits per heavy atom. The Kier molecular flexibility index (Phi) is 5.49. The molecular weight excluding hydrogens is 386 g/mol. The molecule has 0 aromatic rings. The molecule has 4 unspecified atom stereocenters. The molecule has 2 aliphatic carbocycles. The van der Waals surface area contributed by atoms with Crippen molar-refractivity contribution in [3.05, 3.63) is 0 Å². The minimum atomic E-state index is -5.71. The fourth-order valence-corrected chi connectivity index (χ4v) is 9.01. The minimum Gasteiger partial charge on any atom is -0.247 e. The van der Waals surface area contributed by atoms with Crippen LogP contribution in [-0.2, 0) is 17.7 Å². The van der Waals surface area contributed by atoms with E-state index in [1.807, 2.05) is 0 Å². The van der Waals surface area contributed by atoms with Crippen LogP contribution in [0, 0.1) is 0 Å². The highest BCUT2D eigenvalue weighted by molar-refractivity contribution is 8.67. The second-order valence-corrected chi connectivity index (χ2v) is 12.0. The van der Waals surface area contributed by atoms with E-state index in [1.54, 1.807) is 0 Å². The molecule has 2 rings (SSSR count). The lowest BCUT2D eigenvalue weighted by atomic mass is 9.95. The summed E-state index contributed by atoms with van der Waals surface area (Å²) in [6, 6.07) is 0. The van der Waals surface area contributed by atoms with Gasteiger partial charge in [-0.05, 0) is 0 Å². The van der Waals surface area contributed by atoms with Crippen molar-refractivity contribution in [2.75, 3.05) is 0 Å². The van der Waals surface area contributed by atoms with E-state index in [0.717, 1.165) is 0 Å². The summed E-state index contributed by atoms with van der Waals surface area (Å²) in [6.07, 6.45) is -18.8. The summed E-state index contributed by atoms with van der Waals surface area (Å²) in [6.45, 7) is 0. The van der Waals surface area contributed by atoms with Crippen LogP contribution in [0.1, 0.15) is 25.7 Å². The molecule has 4 nitrogen and oxygen atoms in total. The molecular formula is C12H16F6O4S2. The molecule has 0 spiro atoms. The first-order valence-electron chi connectivity index (χ1n) is 7.21. The van der Waals surface area contributed by atoms with Gasteiger partial charge in [0.2, 0.25) is 0 Å². The fourth-order valence-electron chi connectivity index (χ4n) is 3.19. The van der Waals surface area contributed by atoms with E-state index in [4.69, 9.17) is 0 Å². The maximum absolute atomic E-state index is 13.8. The molecule has 0 aliphatic heterocycles. The van der Waals surface area contributed by atoms with Gasteiger partial charge in [-0.1, -0.05) is 0 Å². The van der Waals surface area contributed by atoms with Crippen LogP contribution >= 0.6 is 0 Å². The van der Waals surface area contributed by atoms with Gasteiger partial charge in [0, 0.05) is 25.7 Å². The molecule has 0 amide bonds. The van der Waals surface area contributed by atoms with Crippen molar-refractivity contribution < 1.29 is 43.2 Å². The molecule has 142 valence electrons. The predicted octanol–water partition coefficient (Wildman–Crippen LogP) is 2.08. The summed E-state index contributed by atoms with van der Waals surface area (Å²) in [5, 5.41) is -5.51. The van der Waals surface area contributed by atoms with Crippen molar-refractivity contribution >= 4 is 17.7 Å². The predicted molar refractivity (Wildman–Crippen MR) is 73.3 cm³/mol. The molecule has 2 fully saturated rings. The maximum atomic E-state index is 13.8. The number of alkyl halides is 6. The van der Waals surface area contributed by atoms with Gasteiger partial charge in [-0.2, -0.15) is 0 Å². The summed E-state index contributed by atoms with van der Waals surface area (Å²) in [5.41, 5.74) is 0. The Morgan fingerprint density at radius 3 is 0.917 bits per heavy atom. The third kappa shape index (κ3) is 3.27. The van der Waals surface area contributed by atoms with Crippen LogP contribution in [0.3, 0.4) is 0 Å². The third-order valence-corrected chi connectivity index (χ3v) is 10.8. The monoisotopic (exact) mass is 402 g/mol. The zero-order valence-electron chi connectivity index (χ0n) is 12.2. The molecule has 0 aromatic heterocycles. The second kappa shape index (κ2) is 6.65. The van der Waals surface area contributed by atoms with Crippen LogP contribution in [0.2, 0.25) is 0 Å². The molecule has 0 radical (unpaired) electrons. The Hall–Kier alpha value is -0.520. The van der Waals surface area contributed by atoms with E-state index in [0.29, 0.717) is 0 Å². The second-order valence-electron chi connectivity index (χ2n) is 6.12. The van der Waals surface area contributed by atoms with Crippen LogP contribution in [0.5, 0.6) is 0 Å². The Labute approximate surface area is 134 Å². The van der Waals surface area contributed by atoms with E-state index >= 15 is 0 Å². The van der Waals surface area contributed by atoms with Gasteiger partial charge in [0.15, 0.2) is 0 Å². The lowest BCUT2D eigenvalue weighted by Gasteiger charge is -2.34. The van der Waals surface area contributed by atoms with E-state index in [-0.39, 0.29) is 0 Å². The Balaban J connectivity index is 2.40. The first-order chi connectivity index (χ1) is 10.9. The van der Waals surface area contributed by atoms with Gasteiger partial charge in [0.05, 0.1) is 0 Å². The minimum absolute atomic E-state index is 1.03. The summed E-state index contributed by atoms with van der Waals surface area (Å²) in [4.78, 5) is 0. The van der Waals surface area contributed by atoms with Crippen LogP contribution in [0.15, 0.2) is 0 Å². The molecule has 0 heterocycles. The smallest absolute Gasteiger partial charge is 0.247 e. The van der Waals surface area contributed by atoms with Crippen molar-refractivity contribution in [1.29, 1.82) is 0 Å². The summed E-state index contributed by atoms with van der Waals surface area (Å²) in [7, 11) is -11.4. The van der Waals surface area contributed by atoms with Gasteiger partial charge in [-0.25, -0.2) is 43.2 Å². The van der Waals surface area contributed by atoms with E-state index in [9.17, 15) is 43.2 Å². The van der Waals surface area contributed by atoms with Crippen LogP contribution in [0.25, 0.3) is 0 Å². The van der Waals surface area contributed by atoms with E-state index in [2.05, 4.69) is 0 Å². The maximum Gasteiger partial charge on any atom is 0.262 e. The van der Waals surface area contributed by atoms with Gasteiger partial charge < -0.3 is 0 Å². The number of hydrogen-bond acceptors (Lipinski definition) is 4. The number of rotatable bonds is 3. The van der Waals surface area contributed by atoms with Gasteiger partial charge in [0.25, 0.3) is 17.7 Å². The van der Waals surface area contributed by atoms with Crippen LogP contribution < -0.4 is 0 Å². The average Bonchev–Trinajstić information content (AvgIpc) is 2.34. The highest BCUT2D eigenvalue weighted by atomic mass is 33.2. The van der Waals surface area contributed by atoms with Gasteiger partial charge in [0.1, 0.15) is 47.5 Å². The molecule has 0 bridgehead atoms. The molecule has 0 N–H and O–H groups in total. The third-order valence-electron chi connectivity index (χ3n) is 4.34. The summed E-state index contributed by atoms with van der Waals surface area (Å²) >= 11 is 0. The SMILES string of the molecule is O=S(=O)(C1C(F)CC(F)CC1F)S(=O)(=O)C1C(F)CC(F)CC1F. The molecule has 12 heteroatoms. The summed E-state index contributed by atoms with van der Waals surface area (Å²) < 4.78 is 130. The van der Waals surface area contributed by atoms with Crippen LogP contribution in [0.4, 0.5) is 26.3 Å². The van der Waals surface area contributed by atoms with Crippen molar-refractivity contribution in [2.24, 2.45) is 0 Å². The molecule has 0 saturated heterocycles. The van der Waals surface area contributed by atoms with Crippen molar-refractivity contribution in [3.8, 4) is 0 Å². The molecule has 0 aromatic carbocycles. The molecule has 2 aliphatic rings. The first-order valence-corrected chi connectivity index (χ1v) is 10.8. The van der Waals surface area contributed by atoms with Gasteiger partial charge >= 0.3 is 0 Å². The largest absolute Gasteiger partial charge is 0.262 e. The zero-order chi connectivity index (χ0) is 18.4. The van der Waals surface area contributed by atoms with E-state index < -0.39 is 91.0 Å². The lowest BCUT2D eigenvalue weighted by Crippen LogP contribution is -2.54. The molecule has 24 heavy (non-hydrogen) atoms. The van der Waals surface area contributed by atoms with Gasteiger partial charge in [-0.15, -0.1) is 0 Å². The number of hydrogen-bond donors (Lipinski definition) is 0. The van der Waals surface area contributed by atoms with Gasteiger partial charge in [-0.3, -0.25) is 0 Å². The van der Waals surface area contributed by atoms with Crippen LogP contribution in [-0.4, -0.2) is 64.4 Å². The molecule has 2 saturated carbocycles. The van der Waals surface area contributed by atoms with Crippen molar-refractivity contribution in [3.63, 3.8) is 0 Å². The Bertz CT molecular complexity index is 587. The summed E-state index contributed by atoms with van der Waals surface area (Å²) in [5.74, 6) is 0. The standard InChI is InChI=1S/C12H16F6O4S2/c13-5-1-7(15)11(8(16)2-5)23(19,20)24(21,22)12-9(17)3-6(14)4-10(12)18/h5-12H,1-4H2. The highest BCUT2D eigenvalue weighted by Crippen LogP contribution is 2.39. The lowest BCUT2D eigenvalue weighted by molar-refractivity contribution is 0.0931.